The van der Waals surface area contributed by atoms with Crippen LogP contribution in [0.3, 0.4) is 0 Å². The molecule has 0 aliphatic heterocycles. The number of nitrogen functional groups attached to an aromatic ring is 1. The van der Waals surface area contributed by atoms with E-state index in [0.29, 0.717) is 16.1 Å². The van der Waals surface area contributed by atoms with Gasteiger partial charge in [-0.15, -0.1) is 0 Å². The Kier molecular flexibility index (Phi) is 7.62. The van der Waals surface area contributed by atoms with Crippen LogP contribution in [0.4, 0.5) is 5.69 Å². The average molecular weight is 513 g/mol. The van der Waals surface area contributed by atoms with Gasteiger partial charge in [0.1, 0.15) is 10.9 Å². The highest BCUT2D eigenvalue weighted by Gasteiger charge is 2.36. The second-order valence-electron chi connectivity index (χ2n) is 8.34. The first-order chi connectivity index (χ1) is 16.9. The molecule has 11 heteroatoms. The second-order valence-corrected chi connectivity index (χ2v) is 9.52. The van der Waals surface area contributed by atoms with Gasteiger partial charge in [0.15, 0.2) is 5.69 Å². The maximum atomic E-state index is 13.9. The van der Waals surface area contributed by atoms with E-state index < -0.39 is 17.9 Å². The van der Waals surface area contributed by atoms with Gasteiger partial charge in [0, 0.05) is 30.0 Å². The summed E-state index contributed by atoms with van der Waals surface area (Å²) in [6.45, 7) is 0.0207. The van der Waals surface area contributed by atoms with E-state index in [1.54, 1.807) is 48.8 Å². The van der Waals surface area contributed by atoms with Gasteiger partial charge in [-0.25, -0.2) is 0 Å². The number of rotatable bonds is 8. The standard InChI is InChI=1S/C24H25ClN6O3S/c25-17-8-4-1-5-15(17)13-31(24(34)21-18(26)19(22(27)32)30-35-21)20(14-9-11-28-12-10-14)23(33)29-16-6-2-3-7-16/h1,4-5,8-12,16,20H,2-3,6-7,13,26H2,(H2,27,32)(H,29,33)/t20-/m0/s1. The number of hydrogen-bond acceptors (Lipinski definition) is 7. The molecule has 4 rings (SSSR count). The topological polar surface area (TPSA) is 144 Å². The molecule has 0 bridgehead atoms. The number of primary amides is 1. The number of nitrogens with one attached hydrogen (secondary N) is 1. The molecule has 0 unspecified atom stereocenters. The zero-order valence-electron chi connectivity index (χ0n) is 18.8. The van der Waals surface area contributed by atoms with Crippen molar-refractivity contribution in [3.8, 4) is 0 Å². The molecule has 0 saturated heterocycles. The first kappa shape index (κ1) is 24.6. The SMILES string of the molecule is NC(=O)c1nsc(C(=O)N(Cc2ccccc2Cl)[C@H](C(=O)NC2CCCC2)c2ccncc2)c1N. The quantitative estimate of drug-likeness (QED) is 0.422. The van der Waals surface area contributed by atoms with Crippen LogP contribution in [0.25, 0.3) is 0 Å². The van der Waals surface area contributed by atoms with Crippen molar-refractivity contribution in [2.45, 2.75) is 44.3 Å². The van der Waals surface area contributed by atoms with E-state index in [2.05, 4.69) is 14.7 Å². The van der Waals surface area contributed by atoms with E-state index >= 15 is 0 Å². The van der Waals surface area contributed by atoms with Gasteiger partial charge in [0.05, 0.1) is 5.69 Å². The van der Waals surface area contributed by atoms with Gasteiger partial charge in [0.2, 0.25) is 5.91 Å². The highest BCUT2D eigenvalue weighted by molar-refractivity contribution is 7.09. The van der Waals surface area contributed by atoms with Crippen LogP contribution >= 0.6 is 23.1 Å². The number of nitrogens with zero attached hydrogens (tertiary/aromatic N) is 3. The highest BCUT2D eigenvalue weighted by Crippen LogP contribution is 2.32. The van der Waals surface area contributed by atoms with Gasteiger partial charge >= 0.3 is 0 Å². The Labute approximate surface area is 211 Å². The third-order valence-corrected chi connectivity index (χ3v) is 7.22. The molecule has 2 heterocycles. The molecule has 0 spiro atoms. The molecule has 1 aromatic carbocycles. The Morgan fingerprint density at radius 1 is 1.14 bits per heavy atom. The zero-order chi connectivity index (χ0) is 24.9. The van der Waals surface area contributed by atoms with Gasteiger partial charge in [-0.05, 0) is 53.7 Å². The number of benzene rings is 1. The van der Waals surface area contributed by atoms with Crippen molar-refractivity contribution in [3.63, 3.8) is 0 Å². The molecular formula is C24H25ClN6O3S. The van der Waals surface area contributed by atoms with E-state index in [-0.39, 0.29) is 34.8 Å². The highest BCUT2D eigenvalue weighted by atomic mass is 35.5. The summed E-state index contributed by atoms with van der Waals surface area (Å²) in [6, 6.07) is 9.51. The first-order valence-corrected chi connectivity index (χ1v) is 12.3. The van der Waals surface area contributed by atoms with Crippen molar-refractivity contribution in [1.82, 2.24) is 19.6 Å². The molecule has 182 valence electrons. The lowest BCUT2D eigenvalue weighted by molar-refractivity contribution is -0.126. The summed E-state index contributed by atoms with van der Waals surface area (Å²) in [7, 11) is 0. The summed E-state index contributed by atoms with van der Waals surface area (Å²) in [5, 5.41) is 3.55. The Hall–Kier alpha value is -3.50. The Balaban J connectivity index is 1.79. The van der Waals surface area contributed by atoms with Crippen LogP contribution in [0.5, 0.6) is 0 Å². The van der Waals surface area contributed by atoms with Crippen LogP contribution in [0.1, 0.15) is 63.0 Å². The normalized spacial score (nSPS) is 14.4. The monoisotopic (exact) mass is 512 g/mol. The largest absolute Gasteiger partial charge is 0.395 e. The summed E-state index contributed by atoms with van der Waals surface area (Å²) in [6.07, 6.45) is 6.99. The van der Waals surface area contributed by atoms with Crippen molar-refractivity contribution < 1.29 is 14.4 Å². The third kappa shape index (κ3) is 5.44. The Bertz CT molecular complexity index is 1230. The molecule has 0 radical (unpaired) electrons. The lowest BCUT2D eigenvalue weighted by Crippen LogP contribution is -2.46. The van der Waals surface area contributed by atoms with Crippen LogP contribution in [-0.4, -0.2) is 38.0 Å². The predicted octanol–water partition coefficient (Wildman–Crippen LogP) is 3.32. The molecule has 1 aliphatic rings. The zero-order valence-corrected chi connectivity index (χ0v) is 20.4. The number of carbonyl (C=O) groups is 3. The van der Waals surface area contributed by atoms with Crippen molar-refractivity contribution in [2.24, 2.45) is 5.73 Å². The number of carbonyl (C=O) groups excluding carboxylic acids is 3. The summed E-state index contributed by atoms with van der Waals surface area (Å²) in [4.78, 5) is 44.7. The van der Waals surface area contributed by atoms with E-state index in [4.69, 9.17) is 23.1 Å². The van der Waals surface area contributed by atoms with E-state index in [9.17, 15) is 14.4 Å². The van der Waals surface area contributed by atoms with Gasteiger partial charge in [-0.2, -0.15) is 4.37 Å². The average Bonchev–Trinajstić information content (AvgIpc) is 3.49. The van der Waals surface area contributed by atoms with Gasteiger partial charge < -0.3 is 21.7 Å². The number of halogens is 1. The summed E-state index contributed by atoms with van der Waals surface area (Å²) in [5.41, 5.74) is 12.4. The fourth-order valence-electron chi connectivity index (χ4n) is 4.22. The van der Waals surface area contributed by atoms with Crippen LogP contribution in [0.2, 0.25) is 5.02 Å². The van der Waals surface area contributed by atoms with Crippen LogP contribution in [0, 0.1) is 0 Å². The number of anilines is 1. The minimum atomic E-state index is -0.999. The molecule has 1 fully saturated rings. The third-order valence-electron chi connectivity index (χ3n) is 6.00. The minimum absolute atomic E-state index is 0.0207. The number of pyridine rings is 1. The second kappa shape index (κ2) is 10.8. The van der Waals surface area contributed by atoms with Crippen molar-refractivity contribution >= 4 is 46.5 Å². The number of nitrogens with two attached hydrogens (primary N) is 2. The molecular weight excluding hydrogens is 488 g/mol. The van der Waals surface area contributed by atoms with Crippen molar-refractivity contribution in [1.29, 1.82) is 0 Å². The summed E-state index contributed by atoms with van der Waals surface area (Å²) >= 11 is 7.19. The number of amides is 3. The Morgan fingerprint density at radius 2 is 1.83 bits per heavy atom. The lowest BCUT2D eigenvalue weighted by atomic mass is 10.0. The molecule has 9 nitrogen and oxygen atoms in total. The van der Waals surface area contributed by atoms with Crippen LogP contribution in [-0.2, 0) is 11.3 Å². The molecule has 35 heavy (non-hydrogen) atoms. The van der Waals surface area contributed by atoms with Crippen LogP contribution in [0.15, 0.2) is 48.8 Å². The number of hydrogen-bond donors (Lipinski definition) is 3. The lowest BCUT2D eigenvalue weighted by Gasteiger charge is -2.32. The molecule has 1 atom stereocenters. The number of aromatic nitrogens is 2. The summed E-state index contributed by atoms with van der Waals surface area (Å²) < 4.78 is 3.96. The smallest absolute Gasteiger partial charge is 0.270 e. The maximum Gasteiger partial charge on any atom is 0.270 e. The molecule has 1 saturated carbocycles. The van der Waals surface area contributed by atoms with Crippen molar-refractivity contribution in [3.05, 3.63) is 75.5 Å². The fourth-order valence-corrected chi connectivity index (χ4v) is 5.18. The molecule has 5 N–H and O–H groups in total. The first-order valence-electron chi connectivity index (χ1n) is 11.2. The summed E-state index contributed by atoms with van der Waals surface area (Å²) in [5.74, 6) is -1.71. The van der Waals surface area contributed by atoms with Gasteiger partial charge in [-0.1, -0.05) is 42.6 Å². The molecule has 3 aromatic rings. The predicted molar refractivity (Wildman–Crippen MR) is 134 cm³/mol. The molecule has 2 aromatic heterocycles. The fraction of sp³-hybridized carbons (Fsp3) is 0.292. The van der Waals surface area contributed by atoms with Gasteiger partial charge in [-0.3, -0.25) is 19.4 Å². The maximum absolute atomic E-state index is 13.9. The van der Waals surface area contributed by atoms with E-state index in [1.165, 1.54) is 4.90 Å². The molecule has 3 amide bonds. The van der Waals surface area contributed by atoms with E-state index in [0.717, 1.165) is 37.2 Å². The van der Waals surface area contributed by atoms with Crippen LogP contribution < -0.4 is 16.8 Å². The van der Waals surface area contributed by atoms with E-state index in [1.807, 2.05) is 0 Å². The van der Waals surface area contributed by atoms with Gasteiger partial charge in [0.25, 0.3) is 11.8 Å². The molecule has 1 aliphatic carbocycles. The Morgan fingerprint density at radius 3 is 2.46 bits per heavy atom. The van der Waals surface area contributed by atoms with Crippen molar-refractivity contribution in [2.75, 3.05) is 5.73 Å². The minimum Gasteiger partial charge on any atom is -0.395 e.